The van der Waals surface area contributed by atoms with E-state index in [1.165, 1.54) is 12.1 Å². The molecule has 0 spiro atoms. The molecule has 19 heavy (non-hydrogen) atoms. The molecule has 1 heterocycles. The van der Waals surface area contributed by atoms with Gasteiger partial charge in [-0.25, -0.2) is 0 Å². The van der Waals surface area contributed by atoms with Crippen LogP contribution in [0.1, 0.15) is 25.1 Å². The van der Waals surface area contributed by atoms with Crippen molar-refractivity contribution in [1.29, 1.82) is 0 Å². The molecule has 0 amide bonds. The Balaban J connectivity index is 2.38. The summed E-state index contributed by atoms with van der Waals surface area (Å²) in [6, 6.07) is 6.35. The lowest BCUT2D eigenvalue weighted by molar-refractivity contribution is -0.384. The molecule has 2 rings (SSSR count). The summed E-state index contributed by atoms with van der Waals surface area (Å²) in [5.41, 5.74) is 2.85. The second-order valence-electron chi connectivity index (χ2n) is 4.98. The van der Waals surface area contributed by atoms with Gasteiger partial charge in [0.2, 0.25) is 0 Å². The molecule has 0 unspecified atom stereocenters. The zero-order chi connectivity index (χ0) is 14.0. The Morgan fingerprint density at radius 3 is 2.47 bits per heavy atom. The summed E-state index contributed by atoms with van der Waals surface area (Å²) in [5, 5.41) is 14.6. The van der Waals surface area contributed by atoms with Gasteiger partial charge >= 0.3 is 0 Å². The first-order valence-electron chi connectivity index (χ1n) is 6.19. The number of hydrogen-bond donors (Lipinski definition) is 0. The van der Waals surface area contributed by atoms with Crippen molar-refractivity contribution in [3.8, 4) is 11.3 Å². The van der Waals surface area contributed by atoms with Gasteiger partial charge in [-0.15, -0.1) is 0 Å². The molecule has 1 aromatic carbocycles. The molecule has 0 saturated carbocycles. The van der Waals surface area contributed by atoms with Crippen LogP contribution in [0, 0.1) is 23.0 Å². The molecular formula is C14H16N2O3. The van der Waals surface area contributed by atoms with Gasteiger partial charge in [-0.1, -0.05) is 19.0 Å². The number of benzene rings is 1. The fourth-order valence-corrected chi connectivity index (χ4v) is 2.00. The zero-order valence-electron chi connectivity index (χ0n) is 11.2. The lowest BCUT2D eigenvalue weighted by Gasteiger charge is -2.05. The second-order valence-corrected chi connectivity index (χ2v) is 4.98. The summed E-state index contributed by atoms with van der Waals surface area (Å²) in [7, 11) is 0. The second kappa shape index (κ2) is 5.22. The number of nitrogens with zero attached hydrogens (tertiary/aromatic N) is 2. The molecule has 0 aliphatic rings. The van der Waals surface area contributed by atoms with Crippen LogP contribution in [-0.2, 0) is 6.42 Å². The lowest BCUT2D eigenvalue weighted by Crippen LogP contribution is -1.96. The molecule has 2 aromatic rings. The average molecular weight is 260 g/mol. The first-order valence-corrected chi connectivity index (χ1v) is 6.19. The Labute approximate surface area is 111 Å². The smallest absolute Gasteiger partial charge is 0.269 e. The number of nitro groups is 1. The van der Waals surface area contributed by atoms with Crippen molar-refractivity contribution in [2.45, 2.75) is 27.2 Å². The van der Waals surface area contributed by atoms with Crippen LogP contribution in [0.5, 0.6) is 0 Å². The number of non-ortho nitro benzene ring substituents is 1. The molecule has 0 bridgehead atoms. The molecule has 5 nitrogen and oxygen atoms in total. The molecule has 0 fully saturated rings. The van der Waals surface area contributed by atoms with E-state index in [9.17, 15) is 10.1 Å². The topological polar surface area (TPSA) is 69.2 Å². The number of rotatable bonds is 4. The van der Waals surface area contributed by atoms with E-state index in [4.69, 9.17) is 4.52 Å². The van der Waals surface area contributed by atoms with E-state index in [-0.39, 0.29) is 5.69 Å². The van der Waals surface area contributed by atoms with Gasteiger partial charge in [0, 0.05) is 23.3 Å². The van der Waals surface area contributed by atoms with Crippen molar-refractivity contribution in [2.24, 2.45) is 5.92 Å². The maximum atomic E-state index is 10.6. The highest BCUT2D eigenvalue weighted by Crippen LogP contribution is 2.29. The molecule has 100 valence electrons. The van der Waals surface area contributed by atoms with Gasteiger partial charge in [0.15, 0.2) is 5.76 Å². The van der Waals surface area contributed by atoms with E-state index in [1.807, 2.05) is 6.92 Å². The van der Waals surface area contributed by atoms with Crippen LogP contribution in [0.25, 0.3) is 11.3 Å². The number of hydrogen-bond acceptors (Lipinski definition) is 4. The van der Waals surface area contributed by atoms with Gasteiger partial charge in [-0.05, 0) is 31.4 Å². The highest BCUT2D eigenvalue weighted by Gasteiger charge is 2.16. The Morgan fingerprint density at radius 2 is 1.95 bits per heavy atom. The quantitative estimate of drug-likeness (QED) is 0.620. The summed E-state index contributed by atoms with van der Waals surface area (Å²) in [6.07, 6.45) is 0.877. The maximum Gasteiger partial charge on any atom is 0.269 e. The van der Waals surface area contributed by atoms with Crippen molar-refractivity contribution in [3.63, 3.8) is 0 Å². The zero-order valence-corrected chi connectivity index (χ0v) is 11.2. The minimum atomic E-state index is -0.412. The molecule has 1 aromatic heterocycles. The summed E-state index contributed by atoms with van der Waals surface area (Å²) in [4.78, 5) is 10.2. The van der Waals surface area contributed by atoms with E-state index < -0.39 is 4.92 Å². The average Bonchev–Trinajstić information content (AvgIpc) is 2.71. The van der Waals surface area contributed by atoms with Crippen LogP contribution >= 0.6 is 0 Å². The molecule has 0 N–H and O–H groups in total. The summed E-state index contributed by atoms with van der Waals surface area (Å²) < 4.78 is 5.36. The van der Waals surface area contributed by atoms with Crippen molar-refractivity contribution < 1.29 is 9.45 Å². The van der Waals surface area contributed by atoms with Gasteiger partial charge < -0.3 is 4.52 Å². The van der Waals surface area contributed by atoms with Gasteiger partial charge in [0.25, 0.3) is 5.69 Å². The Bertz CT molecular complexity index is 585. The summed E-state index contributed by atoms with van der Waals surface area (Å²) in [5.74, 6) is 1.20. The van der Waals surface area contributed by atoms with E-state index in [0.29, 0.717) is 11.7 Å². The van der Waals surface area contributed by atoms with Crippen LogP contribution in [0.15, 0.2) is 28.8 Å². The first kappa shape index (κ1) is 13.3. The van der Waals surface area contributed by atoms with E-state index >= 15 is 0 Å². The Kier molecular flexibility index (Phi) is 3.64. The molecular weight excluding hydrogens is 244 g/mol. The first-order chi connectivity index (χ1) is 8.99. The predicted octanol–water partition coefficient (Wildman–Crippen LogP) is 3.76. The largest absolute Gasteiger partial charge is 0.356 e. The van der Waals surface area contributed by atoms with Crippen LogP contribution in [0.2, 0.25) is 0 Å². The third kappa shape index (κ3) is 2.81. The monoisotopic (exact) mass is 260 g/mol. The molecule has 0 aliphatic carbocycles. The molecule has 0 saturated heterocycles. The van der Waals surface area contributed by atoms with Gasteiger partial charge in [-0.3, -0.25) is 10.1 Å². The minimum absolute atomic E-state index is 0.0744. The van der Waals surface area contributed by atoms with Crippen LogP contribution in [0.4, 0.5) is 5.69 Å². The van der Waals surface area contributed by atoms with Crippen molar-refractivity contribution in [2.75, 3.05) is 0 Å². The lowest BCUT2D eigenvalue weighted by atomic mass is 9.98. The fourth-order valence-electron chi connectivity index (χ4n) is 2.00. The third-order valence-electron chi connectivity index (χ3n) is 2.94. The molecule has 5 heteroatoms. The van der Waals surface area contributed by atoms with Crippen LogP contribution in [0.3, 0.4) is 0 Å². The summed E-state index contributed by atoms with van der Waals surface area (Å²) >= 11 is 0. The van der Waals surface area contributed by atoms with E-state index in [1.54, 1.807) is 12.1 Å². The standard InChI is InChI=1S/C14H16N2O3/c1-9(2)8-13-10(3)15-19-14(13)11-4-6-12(7-5-11)16(17)18/h4-7,9H,8H2,1-3H3. The predicted molar refractivity (Wildman–Crippen MR) is 71.9 cm³/mol. The van der Waals surface area contributed by atoms with Gasteiger partial charge in [-0.2, -0.15) is 0 Å². The SMILES string of the molecule is Cc1noc(-c2ccc([N+](=O)[O-])cc2)c1CC(C)C. The Morgan fingerprint density at radius 1 is 1.32 bits per heavy atom. The highest BCUT2D eigenvalue weighted by molar-refractivity contribution is 5.63. The highest BCUT2D eigenvalue weighted by atomic mass is 16.6. The van der Waals surface area contributed by atoms with Crippen LogP contribution in [-0.4, -0.2) is 10.1 Å². The Hall–Kier alpha value is -2.17. The molecule has 0 aliphatic heterocycles. The summed E-state index contributed by atoms with van der Waals surface area (Å²) in [6.45, 7) is 6.17. The minimum Gasteiger partial charge on any atom is -0.356 e. The van der Waals surface area contributed by atoms with Crippen LogP contribution < -0.4 is 0 Å². The van der Waals surface area contributed by atoms with Gasteiger partial charge in [0.05, 0.1) is 10.6 Å². The normalized spacial score (nSPS) is 10.9. The fraction of sp³-hybridized carbons (Fsp3) is 0.357. The number of nitro benzene ring substituents is 1. The van der Waals surface area contributed by atoms with Crippen molar-refractivity contribution in [1.82, 2.24) is 5.16 Å². The third-order valence-corrected chi connectivity index (χ3v) is 2.94. The van der Waals surface area contributed by atoms with Gasteiger partial charge in [0.1, 0.15) is 0 Å². The van der Waals surface area contributed by atoms with E-state index in [2.05, 4.69) is 19.0 Å². The maximum absolute atomic E-state index is 10.6. The van der Waals surface area contributed by atoms with Crippen molar-refractivity contribution in [3.05, 3.63) is 45.6 Å². The number of aromatic nitrogens is 1. The van der Waals surface area contributed by atoms with Crippen molar-refractivity contribution >= 4 is 5.69 Å². The van der Waals surface area contributed by atoms with E-state index in [0.717, 1.165) is 23.2 Å². The molecule has 0 atom stereocenters. The molecule has 0 radical (unpaired) electrons. The number of aryl methyl sites for hydroxylation is 1.